The summed E-state index contributed by atoms with van der Waals surface area (Å²) >= 11 is 0. The van der Waals surface area contributed by atoms with Gasteiger partial charge >= 0.3 is 0 Å². The van der Waals surface area contributed by atoms with Crippen molar-refractivity contribution in [3.8, 4) is 0 Å². The number of hydrogen-bond donors (Lipinski definition) is 0. The topological polar surface area (TPSA) is 22.0 Å². The maximum atomic E-state index is 11.6. The van der Waals surface area contributed by atoms with Crippen LogP contribution in [0, 0.1) is 0 Å². The maximum Gasteiger partial charge on any atom is 0.250 e. The molecule has 0 fully saturated rings. The lowest BCUT2D eigenvalue weighted by molar-refractivity contribution is 0.758. The van der Waals surface area contributed by atoms with E-state index in [2.05, 4.69) is 31.2 Å². The molecule has 0 atom stereocenters. The predicted octanol–water partition coefficient (Wildman–Crippen LogP) is 2.85. The van der Waals surface area contributed by atoms with Gasteiger partial charge < -0.3 is 4.57 Å². The van der Waals surface area contributed by atoms with E-state index in [0.29, 0.717) is 6.54 Å². The van der Waals surface area contributed by atoms with E-state index in [4.69, 9.17) is 0 Å². The molecule has 0 aliphatic heterocycles. The summed E-state index contributed by atoms with van der Waals surface area (Å²) in [5.41, 5.74) is 2.57. The van der Waals surface area contributed by atoms with Gasteiger partial charge in [0.25, 0.3) is 5.56 Å². The molecule has 0 aliphatic rings. The second-order valence-electron chi connectivity index (χ2n) is 4.23. The predicted molar refractivity (Wildman–Crippen MR) is 70.2 cm³/mol. The fraction of sp³-hybridized carbons (Fsp3) is 0.267. The second kappa shape index (κ2) is 5.48. The smallest absolute Gasteiger partial charge is 0.250 e. The van der Waals surface area contributed by atoms with E-state index in [0.717, 1.165) is 18.4 Å². The van der Waals surface area contributed by atoms with E-state index in [1.165, 1.54) is 5.56 Å². The van der Waals surface area contributed by atoms with Crippen molar-refractivity contribution in [1.29, 1.82) is 0 Å². The Hall–Kier alpha value is -1.83. The molecule has 1 aromatic heterocycles. The van der Waals surface area contributed by atoms with Crippen LogP contribution in [0.5, 0.6) is 0 Å². The summed E-state index contributed by atoms with van der Waals surface area (Å²) in [4.78, 5) is 11.6. The van der Waals surface area contributed by atoms with Crippen molar-refractivity contribution in [2.75, 3.05) is 0 Å². The van der Waals surface area contributed by atoms with Crippen molar-refractivity contribution in [1.82, 2.24) is 4.57 Å². The molecule has 2 aromatic rings. The van der Waals surface area contributed by atoms with Gasteiger partial charge in [-0.15, -0.1) is 0 Å². The quantitative estimate of drug-likeness (QED) is 0.787. The number of nitrogens with zero attached hydrogens (tertiary/aromatic N) is 1. The first-order valence-electron chi connectivity index (χ1n) is 6.03. The lowest BCUT2D eigenvalue weighted by Crippen LogP contribution is -2.18. The average molecular weight is 227 g/mol. The van der Waals surface area contributed by atoms with Crippen molar-refractivity contribution < 1.29 is 0 Å². The van der Waals surface area contributed by atoms with Crippen molar-refractivity contribution in [2.24, 2.45) is 0 Å². The molecule has 0 aliphatic carbocycles. The zero-order valence-electron chi connectivity index (χ0n) is 10.1. The van der Waals surface area contributed by atoms with E-state index in [1.54, 1.807) is 16.7 Å². The molecule has 0 N–H and O–H groups in total. The molecule has 0 amide bonds. The summed E-state index contributed by atoms with van der Waals surface area (Å²) in [5.74, 6) is 0. The molecule has 17 heavy (non-hydrogen) atoms. The highest BCUT2D eigenvalue weighted by Crippen LogP contribution is 2.07. The lowest BCUT2D eigenvalue weighted by atomic mass is 10.1. The van der Waals surface area contributed by atoms with Crippen LogP contribution in [0.4, 0.5) is 0 Å². The Morgan fingerprint density at radius 3 is 2.35 bits per heavy atom. The molecule has 2 heteroatoms. The van der Waals surface area contributed by atoms with Gasteiger partial charge in [-0.1, -0.05) is 43.7 Å². The first-order chi connectivity index (χ1) is 8.29. The van der Waals surface area contributed by atoms with Crippen molar-refractivity contribution in [3.63, 3.8) is 0 Å². The van der Waals surface area contributed by atoms with Crippen molar-refractivity contribution in [2.45, 2.75) is 26.3 Å². The van der Waals surface area contributed by atoms with E-state index < -0.39 is 0 Å². The van der Waals surface area contributed by atoms with Crippen LogP contribution in [-0.4, -0.2) is 4.57 Å². The molecule has 1 heterocycles. The largest absolute Gasteiger partial charge is 0.311 e. The number of benzene rings is 1. The third-order valence-corrected chi connectivity index (χ3v) is 2.81. The standard InChI is InChI=1S/C15H17NO/c1-2-5-13-7-9-14(10-8-13)12-16-11-4-3-6-15(16)17/h3-4,6-11H,2,5,12H2,1H3. The SMILES string of the molecule is CCCc1ccc(Cn2ccccc2=O)cc1. The summed E-state index contributed by atoms with van der Waals surface area (Å²) < 4.78 is 1.72. The summed E-state index contributed by atoms with van der Waals surface area (Å²) in [7, 11) is 0. The summed E-state index contributed by atoms with van der Waals surface area (Å²) in [5, 5.41) is 0. The van der Waals surface area contributed by atoms with Gasteiger partial charge in [-0.05, 0) is 23.6 Å². The minimum atomic E-state index is 0.0464. The zero-order chi connectivity index (χ0) is 12.1. The van der Waals surface area contributed by atoms with Crippen LogP contribution in [0.15, 0.2) is 53.5 Å². The van der Waals surface area contributed by atoms with E-state index >= 15 is 0 Å². The molecular weight excluding hydrogens is 210 g/mol. The highest BCUT2D eigenvalue weighted by atomic mass is 16.1. The second-order valence-corrected chi connectivity index (χ2v) is 4.23. The average Bonchev–Trinajstić information content (AvgIpc) is 2.35. The molecule has 0 saturated carbocycles. The number of aromatic nitrogens is 1. The lowest BCUT2D eigenvalue weighted by Gasteiger charge is -2.06. The minimum absolute atomic E-state index is 0.0464. The van der Waals surface area contributed by atoms with Crippen LogP contribution in [0.25, 0.3) is 0 Å². The minimum Gasteiger partial charge on any atom is -0.311 e. The van der Waals surface area contributed by atoms with Gasteiger partial charge in [0.15, 0.2) is 0 Å². The molecule has 2 nitrogen and oxygen atoms in total. The van der Waals surface area contributed by atoms with Gasteiger partial charge in [0.1, 0.15) is 0 Å². The Morgan fingerprint density at radius 2 is 1.71 bits per heavy atom. The van der Waals surface area contributed by atoms with Gasteiger partial charge in [0, 0.05) is 12.3 Å². The Bertz CT molecular complexity index is 525. The summed E-state index contributed by atoms with van der Waals surface area (Å²) in [6.45, 7) is 2.82. The fourth-order valence-electron chi connectivity index (χ4n) is 1.89. The molecular formula is C15H17NO. The monoisotopic (exact) mass is 227 g/mol. The highest BCUT2D eigenvalue weighted by Gasteiger charge is 1.97. The third-order valence-electron chi connectivity index (χ3n) is 2.81. The van der Waals surface area contributed by atoms with E-state index in [-0.39, 0.29) is 5.56 Å². The Labute approximate surface area is 102 Å². The number of aryl methyl sites for hydroxylation is 1. The van der Waals surface area contributed by atoms with Gasteiger partial charge in [-0.3, -0.25) is 4.79 Å². The van der Waals surface area contributed by atoms with Crippen LogP contribution in [0.3, 0.4) is 0 Å². The molecule has 2 rings (SSSR count). The van der Waals surface area contributed by atoms with Crippen molar-refractivity contribution in [3.05, 3.63) is 70.1 Å². The Balaban J connectivity index is 2.14. The highest BCUT2D eigenvalue weighted by molar-refractivity contribution is 5.23. The Morgan fingerprint density at radius 1 is 1.00 bits per heavy atom. The van der Waals surface area contributed by atoms with Crippen LogP contribution in [0.1, 0.15) is 24.5 Å². The van der Waals surface area contributed by atoms with Crippen molar-refractivity contribution >= 4 is 0 Å². The van der Waals surface area contributed by atoms with Crippen LogP contribution in [0.2, 0.25) is 0 Å². The number of hydrogen-bond acceptors (Lipinski definition) is 1. The van der Waals surface area contributed by atoms with E-state index in [1.807, 2.05) is 12.3 Å². The molecule has 0 saturated heterocycles. The van der Waals surface area contributed by atoms with Gasteiger partial charge in [0.2, 0.25) is 0 Å². The molecule has 88 valence electrons. The number of rotatable bonds is 4. The maximum absolute atomic E-state index is 11.6. The van der Waals surface area contributed by atoms with Gasteiger partial charge in [-0.2, -0.15) is 0 Å². The molecule has 0 bridgehead atoms. The molecule has 0 spiro atoms. The molecule has 1 aromatic carbocycles. The first-order valence-corrected chi connectivity index (χ1v) is 6.03. The Kier molecular flexibility index (Phi) is 3.76. The van der Waals surface area contributed by atoms with Gasteiger partial charge in [-0.25, -0.2) is 0 Å². The molecule has 0 unspecified atom stereocenters. The normalized spacial score (nSPS) is 10.4. The first kappa shape index (κ1) is 11.6. The van der Waals surface area contributed by atoms with E-state index in [9.17, 15) is 4.79 Å². The van der Waals surface area contributed by atoms with Gasteiger partial charge in [0.05, 0.1) is 6.54 Å². The van der Waals surface area contributed by atoms with Crippen LogP contribution >= 0.6 is 0 Å². The third kappa shape index (κ3) is 3.06. The van der Waals surface area contributed by atoms with Crippen LogP contribution < -0.4 is 5.56 Å². The summed E-state index contributed by atoms with van der Waals surface area (Å²) in [6, 6.07) is 13.7. The zero-order valence-corrected chi connectivity index (χ0v) is 10.1. The summed E-state index contributed by atoms with van der Waals surface area (Å²) in [6.07, 6.45) is 4.10. The molecule has 0 radical (unpaired) electrons. The number of pyridine rings is 1. The fourth-order valence-corrected chi connectivity index (χ4v) is 1.89. The van der Waals surface area contributed by atoms with Crippen LogP contribution in [-0.2, 0) is 13.0 Å².